The maximum Gasteiger partial charge on any atom is 0.224 e. The molecule has 1 aromatic rings. The Morgan fingerprint density at radius 1 is 1.61 bits per heavy atom. The van der Waals surface area contributed by atoms with E-state index in [2.05, 4.69) is 15.3 Å². The molecule has 1 atom stereocenters. The molecule has 0 aliphatic heterocycles. The summed E-state index contributed by atoms with van der Waals surface area (Å²) < 4.78 is 1.69. The summed E-state index contributed by atoms with van der Waals surface area (Å²) >= 11 is 5.77. The second-order valence-electron chi connectivity index (χ2n) is 4.73. The summed E-state index contributed by atoms with van der Waals surface area (Å²) in [5.41, 5.74) is 0. The number of nitrogens with zero attached hydrogens (tertiary/aromatic N) is 3. The van der Waals surface area contributed by atoms with Crippen molar-refractivity contribution in [3.8, 4) is 0 Å². The molecule has 0 spiro atoms. The third-order valence-corrected chi connectivity index (χ3v) is 2.79. The number of halogens is 1. The van der Waals surface area contributed by atoms with E-state index in [1.165, 1.54) is 0 Å². The number of amides is 1. The Morgan fingerprint density at radius 3 is 2.89 bits per heavy atom. The molecule has 1 heterocycles. The van der Waals surface area contributed by atoms with Crippen LogP contribution in [0.15, 0.2) is 12.4 Å². The fourth-order valence-corrected chi connectivity index (χ4v) is 1.74. The predicted molar refractivity (Wildman–Crippen MR) is 72.6 cm³/mol. The molecular formula is C12H21ClN4O. The van der Waals surface area contributed by atoms with Crippen molar-refractivity contribution >= 4 is 17.5 Å². The third-order valence-electron chi connectivity index (χ3n) is 2.59. The molecular weight excluding hydrogens is 252 g/mol. The van der Waals surface area contributed by atoms with Crippen LogP contribution in [0, 0.1) is 5.92 Å². The molecule has 0 fully saturated rings. The van der Waals surface area contributed by atoms with Crippen molar-refractivity contribution in [2.45, 2.75) is 19.9 Å². The largest absolute Gasteiger partial charge is 0.356 e. The zero-order valence-corrected chi connectivity index (χ0v) is 11.9. The fourth-order valence-electron chi connectivity index (χ4n) is 1.58. The molecule has 0 bridgehead atoms. The van der Waals surface area contributed by atoms with Crippen molar-refractivity contribution in [1.82, 2.24) is 20.0 Å². The molecule has 0 aromatic carbocycles. The van der Waals surface area contributed by atoms with E-state index in [4.69, 9.17) is 11.6 Å². The Morgan fingerprint density at radius 2 is 2.33 bits per heavy atom. The highest BCUT2D eigenvalue weighted by molar-refractivity contribution is 6.30. The number of hydrogen-bond donors (Lipinski definition) is 1. The molecule has 1 N–H and O–H groups in total. The first-order chi connectivity index (χ1) is 8.49. The lowest BCUT2D eigenvalue weighted by atomic mass is 10.1. The zero-order valence-electron chi connectivity index (χ0n) is 11.2. The highest BCUT2D eigenvalue weighted by Crippen LogP contribution is 2.07. The van der Waals surface area contributed by atoms with Crippen molar-refractivity contribution in [2.24, 2.45) is 5.92 Å². The monoisotopic (exact) mass is 272 g/mol. The first kappa shape index (κ1) is 15.0. The number of carbonyl (C=O) groups excluding carboxylic acids is 1. The van der Waals surface area contributed by atoms with E-state index in [9.17, 15) is 4.79 Å². The number of nitrogens with one attached hydrogen (secondary N) is 1. The Hall–Kier alpha value is -1.07. The van der Waals surface area contributed by atoms with Gasteiger partial charge in [-0.25, -0.2) is 0 Å². The topological polar surface area (TPSA) is 50.2 Å². The minimum atomic E-state index is -0.111. The first-order valence-electron chi connectivity index (χ1n) is 6.09. The number of aromatic nitrogens is 2. The summed E-state index contributed by atoms with van der Waals surface area (Å²) in [6.45, 7) is 4.12. The summed E-state index contributed by atoms with van der Waals surface area (Å²) in [6.07, 6.45) is 4.25. The van der Waals surface area contributed by atoms with Crippen LogP contribution in [0.3, 0.4) is 0 Å². The molecule has 0 saturated heterocycles. The van der Waals surface area contributed by atoms with E-state index in [0.717, 1.165) is 13.0 Å². The van der Waals surface area contributed by atoms with Gasteiger partial charge in [-0.05, 0) is 27.1 Å². The summed E-state index contributed by atoms with van der Waals surface area (Å²) in [6, 6.07) is 0. The third kappa shape index (κ3) is 5.51. The summed E-state index contributed by atoms with van der Waals surface area (Å²) in [4.78, 5) is 13.9. The molecule has 0 saturated carbocycles. The van der Waals surface area contributed by atoms with E-state index in [-0.39, 0.29) is 11.8 Å². The molecule has 1 aromatic heterocycles. The van der Waals surface area contributed by atoms with Gasteiger partial charge in [0.25, 0.3) is 0 Å². The van der Waals surface area contributed by atoms with Crippen molar-refractivity contribution in [1.29, 1.82) is 0 Å². The SMILES string of the molecule is CC(Cn1cc(Cl)cn1)C(=O)NCCCN(C)C. The molecule has 5 nitrogen and oxygen atoms in total. The minimum absolute atomic E-state index is 0.0559. The minimum Gasteiger partial charge on any atom is -0.356 e. The molecule has 0 aliphatic carbocycles. The van der Waals surface area contributed by atoms with Crippen molar-refractivity contribution in [2.75, 3.05) is 27.2 Å². The van der Waals surface area contributed by atoms with E-state index < -0.39 is 0 Å². The van der Waals surface area contributed by atoms with Crippen LogP contribution < -0.4 is 5.32 Å². The van der Waals surface area contributed by atoms with Crippen LogP contribution in [0.2, 0.25) is 5.02 Å². The van der Waals surface area contributed by atoms with Gasteiger partial charge in [0, 0.05) is 12.7 Å². The van der Waals surface area contributed by atoms with Crippen molar-refractivity contribution in [3.05, 3.63) is 17.4 Å². The summed E-state index contributed by atoms with van der Waals surface area (Å²) in [5.74, 6) is -0.0549. The first-order valence-corrected chi connectivity index (χ1v) is 6.47. The Labute approximate surface area is 113 Å². The maximum atomic E-state index is 11.8. The average molecular weight is 273 g/mol. The van der Waals surface area contributed by atoms with Crippen LogP contribution in [0.5, 0.6) is 0 Å². The number of rotatable bonds is 7. The lowest BCUT2D eigenvalue weighted by Crippen LogP contribution is -2.33. The highest BCUT2D eigenvalue weighted by atomic mass is 35.5. The van der Waals surface area contributed by atoms with Gasteiger partial charge in [0.1, 0.15) is 0 Å². The molecule has 18 heavy (non-hydrogen) atoms. The lowest BCUT2D eigenvalue weighted by molar-refractivity contribution is -0.124. The van der Waals surface area contributed by atoms with E-state index in [0.29, 0.717) is 18.1 Å². The maximum absolute atomic E-state index is 11.8. The Kier molecular flexibility index (Phi) is 6.15. The second kappa shape index (κ2) is 7.38. The summed E-state index contributed by atoms with van der Waals surface area (Å²) in [7, 11) is 4.04. The van der Waals surface area contributed by atoms with E-state index >= 15 is 0 Å². The van der Waals surface area contributed by atoms with Gasteiger partial charge in [-0.1, -0.05) is 18.5 Å². The van der Waals surface area contributed by atoms with Gasteiger partial charge in [0.2, 0.25) is 5.91 Å². The van der Waals surface area contributed by atoms with Gasteiger partial charge in [0.05, 0.1) is 23.7 Å². The average Bonchev–Trinajstić information content (AvgIpc) is 2.69. The van der Waals surface area contributed by atoms with Gasteiger partial charge in [-0.2, -0.15) is 5.10 Å². The molecule has 0 aliphatic rings. The molecule has 1 rings (SSSR count). The van der Waals surface area contributed by atoms with Gasteiger partial charge in [-0.3, -0.25) is 9.48 Å². The molecule has 6 heteroatoms. The van der Waals surface area contributed by atoms with Crippen LogP contribution in [0.1, 0.15) is 13.3 Å². The standard InChI is InChI=1S/C12H21ClN4O/c1-10(8-17-9-11(13)7-15-17)12(18)14-5-4-6-16(2)3/h7,9-10H,4-6,8H2,1-3H3,(H,14,18). The molecule has 102 valence electrons. The summed E-state index contributed by atoms with van der Waals surface area (Å²) in [5, 5.41) is 7.57. The van der Waals surface area contributed by atoms with E-state index in [1.807, 2.05) is 21.0 Å². The Bertz CT molecular complexity index is 378. The van der Waals surface area contributed by atoms with Gasteiger partial charge in [0.15, 0.2) is 0 Å². The predicted octanol–water partition coefficient (Wildman–Crippen LogP) is 1.24. The van der Waals surface area contributed by atoms with Crippen LogP contribution >= 0.6 is 11.6 Å². The second-order valence-corrected chi connectivity index (χ2v) is 5.17. The Balaban J connectivity index is 2.24. The van der Waals surface area contributed by atoms with Gasteiger partial charge >= 0.3 is 0 Å². The molecule has 0 radical (unpaired) electrons. The normalized spacial score (nSPS) is 12.7. The van der Waals surface area contributed by atoms with Gasteiger partial charge in [-0.15, -0.1) is 0 Å². The zero-order chi connectivity index (χ0) is 13.5. The van der Waals surface area contributed by atoms with Crippen LogP contribution in [0.25, 0.3) is 0 Å². The smallest absolute Gasteiger partial charge is 0.224 e. The van der Waals surface area contributed by atoms with Crippen LogP contribution in [-0.2, 0) is 11.3 Å². The molecule has 1 amide bonds. The fraction of sp³-hybridized carbons (Fsp3) is 0.667. The van der Waals surface area contributed by atoms with Crippen LogP contribution in [-0.4, -0.2) is 47.8 Å². The van der Waals surface area contributed by atoms with Crippen molar-refractivity contribution < 1.29 is 4.79 Å². The number of carbonyl (C=O) groups is 1. The molecule has 1 unspecified atom stereocenters. The van der Waals surface area contributed by atoms with Crippen LogP contribution in [0.4, 0.5) is 0 Å². The van der Waals surface area contributed by atoms with Crippen molar-refractivity contribution in [3.63, 3.8) is 0 Å². The van der Waals surface area contributed by atoms with Gasteiger partial charge < -0.3 is 10.2 Å². The van der Waals surface area contributed by atoms with E-state index in [1.54, 1.807) is 17.1 Å². The number of hydrogen-bond acceptors (Lipinski definition) is 3. The quantitative estimate of drug-likeness (QED) is 0.760. The lowest BCUT2D eigenvalue weighted by Gasteiger charge is -2.13. The highest BCUT2D eigenvalue weighted by Gasteiger charge is 2.13.